The van der Waals surface area contributed by atoms with Crippen LogP contribution in [0.5, 0.6) is 5.75 Å². The minimum absolute atomic E-state index is 0.306. The molecule has 0 radical (unpaired) electrons. The molecule has 0 saturated carbocycles. The van der Waals surface area contributed by atoms with Gasteiger partial charge in [-0.3, -0.25) is 0 Å². The Morgan fingerprint density at radius 2 is 2.17 bits per heavy atom. The quantitative estimate of drug-likeness (QED) is 0.733. The Kier molecular flexibility index (Phi) is 2.18. The van der Waals surface area contributed by atoms with Crippen LogP contribution >= 0.6 is 45.5 Å². The fourth-order valence-electron chi connectivity index (χ4n) is 1.06. The first-order chi connectivity index (χ1) is 5.70. The third kappa shape index (κ3) is 1.20. The Hall–Kier alpha value is -0.000000000000000111. The van der Waals surface area contributed by atoms with Crippen LogP contribution in [0.1, 0.15) is 0 Å². The van der Waals surface area contributed by atoms with Crippen molar-refractivity contribution in [3.05, 3.63) is 26.1 Å². The first-order valence-corrected chi connectivity index (χ1v) is 5.53. The number of halogens is 2. The van der Waals surface area contributed by atoms with E-state index in [9.17, 15) is 5.11 Å². The third-order valence-electron chi connectivity index (χ3n) is 1.60. The average molecular weight is 311 g/mol. The van der Waals surface area contributed by atoms with E-state index in [-0.39, 0.29) is 0 Å². The Morgan fingerprint density at radius 1 is 1.42 bits per heavy atom. The van der Waals surface area contributed by atoms with Gasteiger partial charge in [-0.05, 0) is 34.7 Å². The van der Waals surface area contributed by atoms with E-state index in [1.807, 2.05) is 12.1 Å². The van der Waals surface area contributed by atoms with Crippen LogP contribution in [0.4, 0.5) is 0 Å². The maximum Gasteiger partial charge on any atom is 0.125 e. The molecule has 2 rings (SSSR count). The van der Waals surface area contributed by atoms with E-state index in [1.54, 1.807) is 6.07 Å². The van der Waals surface area contributed by atoms with Gasteiger partial charge < -0.3 is 5.11 Å². The highest BCUT2D eigenvalue weighted by Gasteiger charge is 2.10. The third-order valence-corrected chi connectivity index (χ3v) is 4.72. The molecule has 0 amide bonds. The van der Waals surface area contributed by atoms with Gasteiger partial charge in [-0.1, -0.05) is 17.7 Å². The molecule has 2 aromatic rings. The minimum Gasteiger partial charge on any atom is -0.507 e. The summed E-state index contributed by atoms with van der Waals surface area (Å²) in [7, 11) is 0. The van der Waals surface area contributed by atoms with Crippen molar-refractivity contribution in [3.63, 3.8) is 0 Å². The van der Waals surface area contributed by atoms with Gasteiger partial charge in [-0.15, -0.1) is 11.3 Å². The van der Waals surface area contributed by atoms with E-state index in [4.69, 9.17) is 11.6 Å². The van der Waals surface area contributed by atoms with Crippen LogP contribution in [0.3, 0.4) is 0 Å². The molecule has 62 valence electrons. The monoisotopic (exact) mass is 310 g/mol. The number of rotatable bonds is 0. The largest absolute Gasteiger partial charge is 0.507 e. The van der Waals surface area contributed by atoms with Crippen LogP contribution < -0.4 is 0 Å². The summed E-state index contributed by atoms with van der Waals surface area (Å²) in [5.74, 6) is 0.306. The van der Waals surface area contributed by atoms with Gasteiger partial charge in [0.1, 0.15) is 10.1 Å². The first-order valence-electron chi connectivity index (χ1n) is 3.25. The van der Waals surface area contributed by atoms with E-state index < -0.39 is 0 Å². The molecule has 0 saturated heterocycles. The van der Waals surface area contributed by atoms with Crippen LogP contribution in [0.25, 0.3) is 10.1 Å². The van der Waals surface area contributed by atoms with Crippen molar-refractivity contribution in [2.75, 3.05) is 0 Å². The molecule has 0 spiro atoms. The number of aromatic hydroxyl groups is 1. The van der Waals surface area contributed by atoms with E-state index in [0.717, 1.165) is 18.0 Å². The highest BCUT2D eigenvalue weighted by Crippen LogP contribution is 2.40. The normalized spacial score (nSPS) is 10.8. The summed E-state index contributed by atoms with van der Waals surface area (Å²) in [4.78, 5) is 0. The average Bonchev–Trinajstić information content (AvgIpc) is 2.29. The summed E-state index contributed by atoms with van der Waals surface area (Å²) in [6, 6.07) is 5.45. The molecule has 0 aliphatic heterocycles. The van der Waals surface area contributed by atoms with Crippen molar-refractivity contribution in [2.24, 2.45) is 0 Å². The Labute approximate surface area is 92.1 Å². The maximum atomic E-state index is 9.51. The minimum atomic E-state index is 0.306. The second-order valence-corrected chi connectivity index (χ2v) is 5.07. The SMILES string of the molecule is Oc1cccc2sc(Cl)c(I)c12. The van der Waals surface area contributed by atoms with Gasteiger partial charge in [-0.2, -0.15) is 0 Å². The zero-order chi connectivity index (χ0) is 8.72. The lowest BCUT2D eigenvalue weighted by molar-refractivity contribution is 0.481. The lowest BCUT2D eigenvalue weighted by Gasteiger charge is -1.93. The van der Waals surface area contributed by atoms with Gasteiger partial charge in [0.2, 0.25) is 0 Å². The summed E-state index contributed by atoms with van der Waals surface area (Å²) in [5, 5.41) is 10.4. The molecule has 4 heteroatoms. The summed E-state index contributed by atoms with van der Waals surface area (Å²) in [5.41, 5.74) is 0. The van der Waals surface area contributed by atoms with Crippen molar-refractivity contribution in [3.8, 4) is 5.75 Å². The molecule has 1 nitrogen and oxygen atoms in total. The fraction of sp³-hybridized carbons (Fsp3) is 0. The number of benzene rings is 1. The molecular weight excluding hydrogens is 307 g/mol. The molecule has 0 aliphatic carbocycles. The van der Waals surface area contributed by atoms with E-state index in [1.165, 1.54) is 11.3 Å². The van der Waals surface area contributed by atoms with Crippen molar-refractivity contribution in [2.45, 2.75) is 0 Å². The van der Waals surface area contributed by atoms with Crippen molar-refractivity contribution >= 4 is 55.6 Å². The second kappa shape index (κ2) is 3.05. The van der Waals surface area contributed by atoms with E-state index >= 15 is 0 Å². The highest BCUT2D eigenvalue weighted by atomic mass is 127. The molecule has 0 unspecified atom stereocenters. The predicted octanol–water partition coefficient (Wildman–Crippen LogP) is 3.86. The van der Waals surface area contributed by atoms with Crippen molar-refractivity contribution in [1.29, 1.82) is 0 Å². The molecule has 1 aromatic carbocycles. The predicted molar refractivity (Wildman–Crippen MR) is 61.2 cm³/mol. The highest BCUT2D eigenvalue weighted by molar-refractivity contribution is 14.1. The van der Waals surface area contributed by atoms with Gasteiger partial charge >= 0.3 is 0 Å². The van der Waals surface area contributed by atoms with Crippen LogP contribution in [0.2, 0.25) is 4.34 Å². The van der Waals surface area contributed by atoms with Crippen LogP contribution in [-0.4, -0.2) is 5.11 Å². The molecular formula is C8H4ClIOS. The molecule has 12 heavy (non-hydrogen) atoms. The molecule has 1 aromatic heterocycles. The zero-order valence-corrected chi connectivity index (χ0v) is 9.57. The standard InChI is InChI=1S/C8H4ClIOS/c9-8-7(10)6-4(11)2-1-3-5(6)12-8/h1-3,11H. The summed E-state index contributed by atoms with van der Waals surface area (Å²) in [6.45, 7) is 0. The van der Waals surface area contributed by atoms with Gasteiger partial charge in [0.05, 0.1) is 3.57 Å². The number of phenolic OH excluding ortho intramolecular Hbond substituents is 1. The van der Waals surface area contributed by atoms with Gasteiger partial charge in [-0.25, -0.2) is 0 Å². The van der Waals surface area contributed by atoms with E-state index in [2.05, 4.69) is 22.6 Å². The van der Waals surface area contributed by atoms with Gasteiger partial charge in [0, 0.05) is 10.1 Å². The fourth-order valence-corrected chi connectivity index (χ4v) is 3.33. The Balaban J connectivity index is 2.97. The number of phenols is 1. The molecule has 0 atom stereocenters. The second-order valence-electron chi connectivity index (χ2n) is 2.34. The molecule has 1 N–H and O–H groups in total. The summed E-state index contributed by atoms with van der Waals surface area (Å²) >= 11 is 9.56. The number of hydrogen-bond acceptors (Lipinski definition) is 2. The lowest BCUT2D eigenvalue weighted by atomic mass is 10.2. The number of fused-ring (bicyclic) bond motifs is 1. The maximum absolute atomic E-state index is 9.51. The molecule has 0 aliphatic rings. The first kappa shape index (κ1) is 8.59. The molecule has 1 heterocycles. The van der Waals surface area contributed by atoms with Crippen LogP contribution in [-0.2, 0) is 0 Å². The van der Waals surface area contributed by atoms with Gasteiger partial charge in [0.15, 0.2) is 0 Å². The molecule has 0 bridgehead atoms. The summed E-state index contributed by atoms with van der Waals surface area (Å²) < 4.78 is 2.71. The van der Waals surface area contributed by atoms with Crippen molar-refractivity contribution < 1.29 is 5.11 Å². The number of hydrogen-bond donors (Lipinski definition) is 1. The number of thiophene rings is 1. The van der Waals surface area contributed by atoms with Crippen molar-refractivity contribution in [1.82, 2.24) is 0 Å². The zero-order valence-electron chi connectivity index (χ0n) is 5.84. The smallest absolute Gasteiger partial charge is 0.125 e. The Bertz CT molecular complexity index is 438. The van der Waals surface area contributed by atoms with Gasteiger partial charge in [0.25, 0.3) is 0 Å². The summed E-state index contributed by atoms with van der Waals surface area (Å²) in [6.07, 6.45) is 0. The van der Waals surface area contributed by atoms with Crippen LogP contribution in [0, 0.1) is 3.57 Å². The topological polar surface area (TPSA) is 20.2 Å². The van der Waals surface area contributed by atoms with Crippen LogP contribution in [0.15, 0.2) is 18.2 Å². The van der Waals surface area contributed by atoms with E-state index in [0.29, 0.717) is 5.75 Å². The Morgan fingerprint density at radius 3 is 2.83 bits per heavy atom. The molecule has 0 fully saturated rings. The lowest BCUT2D eigenvalue weighted by Crippen LogP contribution is -1.68.